The number of aromatic nitrogens is 2. The van der Waals surface area contributed by atoms with Crippen molar-refractivity contribution in [2.24, 2.45) is 5.92 Å². The quantitative estimate of drug-likeness (QED) is 0.0219. The van der Waals surface area contributed by atoms with E-state index in [1.54, 1.807) is 50.2 Å². The van der Waals surface area contributed by atoms with Gasteiger partial charge in [0.1, 0.15) is 37.3 Å². The van der Waals surface area contributed by atoms with Crippen LogP contribution in [0.4, 0.5) is 4.39 Å². The number of nitrogens with zero attached hydrogens (tertiary/aromatic N) is 3. The molecule has 1 saturated heterocycles. The summed E-state index contributed by atoms with van der Waals surface area (Å²) in [5.41, 5.74) is 1.60. The van der Waals surface area contributed by atoms with Gasteiger partial charge in [-0.1, -0.05) is 44.2 Å². The Hall–Kier alpha value is -8.49. The van der Waals surface area contributed by atoms with Crippen LogP contribution < -0.4 is 42.8 Å². The molecule has 8 amide bonds. The van der Waals surface area contributed by atoms with E-state index in [1.807, 2.05) is 0 Å². The van der Waals surface area contributed by atoms with Gasteiger partial charge in [0.05, 0.1) is 61.2 Å². The van der Waals surface area contributed by atoms with E-state index in [4.69, 9.17) is 19.6 Å². The average Bonchev–Trinajstić information content (AvgIpc) is 4.19. The minimum atomic E-state index is -2.07. The molecule has 2 aromatic carbocycles. The number of halogens is 1. The summed E-state index contributed by atoms with van der Waals surface area (Å²) in [5, 5.41) is 38.5. The number of hydrogen-bond donors (Lipinski definition) is 9. The fourth-order valence-corrected chi connectivity index (χ4v) is 10.2. The smallest absolute Gasteiger partial charge is 0.343 e. The van der Waals surface area contributed by atoms with Gasteiger partial charge in [0, 0.05) is 47.9 Å². The van der Waals surface area contributed by atoms with Crippen LogP contribution in [0.2, 0.25) is 0 Å². The monoisotopic (exact) mass is 1090 g/mol. The standard InChI is InChI=1S/C53H59FN10O15/c1-5-53(77)32-15-37-46-30(22-63(37)51(75)31(32)23-78-52(53)76)45-34(12-11-29-26(3)33(54)16-35(61-46)44(29)45)62-47(71)27(4)79-24-59-40(66)19-57-48(72)36(14-28-9-7-6-8-10-28)60-41(67)20-56-39(65)18-58-49(73)38(17-55-21-43(69)70)64-42(68)13-25(2)50(64)74/h6-10,15-16,25,27,34,36,38,55,77H,5,11-14,17-24H2,1-4H3,(H,56,65)(H,57,72)(H,58,73)(H,59,66)(H,60,67)(H,62,71)(H,69,70)/t25?,27-,34+,36-,38?,53-/m0/s1. The van der Waals surface area contributed by atoms with E-state index in [0.29, 0.717) is 57.4 Å². The van der Waals surface area contributed by atoms with Crippen LogP contribution in [0.3, 0.4) is 0 Å². The number of cyclic esters (lactones) is 1. The Balaban J connectivity index is 0.848. The van der Waals surface area contributed by atoms with Gasteiger partial charge in [-0.15, -0.1) is 0 Å². The second kappa shape index (κ2) is 23.6. The summed E-state index contributed by atoms with van der Waals surface area (Å²) >= 11 is 0. The number of aryl methyl sites for hydroxylation is 1. The highest BCUT2D eigenvalue weighted by Gasteiger charge is 2.47. The van der Waals surface area contributed by atoms with Crippen molar-refractivity contribution in [3.63, 3.8) is 0 Å². The average molecular weight is 1100 g/mol. The number of ether oxygens (including phenoxy) is 2. The Morgan fingerprint density at radius 3 is 2.28 bits per heavy atom. The molecule has 0 bridgehead atoms. The number of rotatable bonds is 22. The van der Waals surface area contributed by atoms with Gasteiger partial charge in [-0.2, -0.15) is 0 Å². The maximum Gasteiger partial charge on any atom is 0.343 e. The molecule has 9 N–H and O–H groups in total. The molecule has 3 aliphatic heterocycles. The first-order valence-corrected chi connectivity index (χ1v) is 25.6. The number of carboxylic acids is 1. The zero-order valence-corrected chi connectivity index (χ0v) is 43.5. The molecular formula is C53H59FN10O15. The largest absolute Gasteiger partial charge is 0.480 e. The molecule has 25 nitrogen and oxygen atoms in total. The SMILES string of the molecule is CC[C@@]1(O)C(=O)OCc2c1cc1n(c2=O)Cc2c-1nc1cc(F)c(C)c3c1c2[C@H](NC(=O)[C@H](C)OCNC(=O)CNC(=O)[C@H](Cc1ccccc1)NC(=O)CNC(=O)CNC(=O)C(CNCC(=O)O)N1C(=O)CC(C)C1=O)CC3. The van der Waals surface area contributed by atoms with Crippen LogP contribution in [0.25, 0.3) is 22.3 Å². The molecule has 4 aliphatic rings. The van der Waals surface area contributed by atoms with Crippen molar-refractivity contribution in [2.75, 3.05) is 39.5 Å². The number of imide groups is 1. The number of fused-ring (bicyclic) bond motifs is 5. The van der Waals surface area contributed by atoms with E-state index in [2.05, 4.69) is 37.2 Å². The molecule has 1 aliphatic carbocycles. The molecule has 5 heterocycles. The van der Waals surface area contributed by atoms with Crippen molar-refractivity contribution in [1.29, 1.82) is 0 Å². The van der Waals surface area contributed by atoms with Gasteiger partial charge in [-0.05, 0) is 61.4 Å². The number of carboxylic acid groups (broad SMARTS) is 1. The summed E-state index contributed by atoms with van der Waals surface area (Å²) < 4.78 is 27.8. The molecule has 8 rings (SSSR count). The first-order chi connectivity index (χ1) is 37.6. The second-order valence-corrected chi connectivity index (χ2v) is 19.7. The number of carbonyl (C=O) groups excluding carboxylic acids is 9. The van der Waals surface area contributed by atoms with Crippen LogP contribution in [-0.4, -0.2) is 142 Å². The van der Waals surface area contributed by atoms with Gasteiger partial charge in [0.2, 0.25) is 47.3 Å². The summed E-state index contributed by atoms with van der Waals surface area (Å²) in [4.78, 5) is 148. The fourth-order valence-electron chi connectivity index (χ4n) is 10.2. The summed E-state index contributed by atoms with van der Waals surface area (Å²) in [6, 6.07) is 8.04. The highest BCUT2D eigenvalue weighted by atomic mass is 19.1. The third-order valence-corrected chi connectivity index (χ3v) is 14.5. The number of aliphatic hydroxyl groups is 1. The Morgan fingerprint density at radius 1 is 0.899 bits per heavy atom. The van der Waals surface area contributed by atoms with E-state index >= 15 is 4.39 Å². The van der Waals surface area contributed by atoms with Gasteiger partial charge in [0.15, 0.2) is 5.60 Å². The summed E-state index contributed by atoms with van der Waals surface area (Å²) in [6.45, 7) is 2.52. The normalized spacial score (nSPS) is 19.0. The lowest BCUT2D eigenvalue weighted by Crippen LogP contribution is -2.56. The summed E-state index contributed by atoms with van der Waals surface area (Å²) in [7, 11) is 0. The van der Waals surface area contributed by atoms with E-state index in [9.17, 15) is 57.8 Å². The number of hydrogen-bond acceptors (Lipinski definition) is 16. The predicted molar refractivity (Wildman–Crippen MR) is 273 cm³/mol. The number of aliphatic carboxylic acids is 1. The molecular weight excluding hydrogens is 1040 g/mol. The Kier molecular flexibility index (Phi) is 17.0. The molecule has 79 heavy (non-hydrogen) atoms. The molecule has 6 atom stereocenters. The maximum atomic E-state index is 15.4. The zero-order chi connectivity index (χ0) is 57.0. The van der Waals surface area contributed by atoms with Crippen LogP contribution in [0, 0.1) is 18.7 Å². The van der Waals surface area contributed by atoms with Gasteiger partial charge in [0.25, 0.3) is 5.56 Å². The predicted octanol–water partition coefficient (Wildman–Crippen LogP) is -1.38. The molecule has 0 spiro atoms. The maximum absolute atomic E-state index is 15.4. The van der Waals surface area contributed by atoms with Crippen molar-refractivity contribution in [3.05, 3.63) is 97.6 Å². The van der Waals surface area contributed by atoms with E-state index in [0.717, 1.165) is 4.90 Å². The molecule has 26 heteroatoms. The number of carbonyl (C=O) groups is 10. The van der Waals surface area contributed by atoms with Crippen LogP contribution >= 0.6 is 0 Å². The number of nitrogens with one attached hydrogen (secondary N) is 7. The molecule has 4 aromatic rings. The lowest BCUT2D eigenvalue weighted by molar-refractivity contribution is -0.172. The minimum absolute atomic E-state index is 0.0294. The van der Waals surface area contributed by atoms with Crippen LogP contribution in [0.5, 0.6) is 0 Å². The summed E-state index contributed by atoms with van der Waals surface area (Å²) in [6.07, 6.45) is -0.680. The number of amides is 8. The molecule has 2 unspecified atom stereocenters. The van der Waals surface area contributed by atoms with Crippen molar-refractivity contribution in [2.45, 2.75) is 103 Å². The van der Waals surface area contributed by atoms with Gasteiger partial charge in [-0.25, -0.2) is 14.2 Å². The molecule has 418 valence electrons. The van der Waals surface area contributed by atoms with Crippen molar-refractivity contribution in [3.8, 4) is 11.4 Å². The molecule has 1 fully saturated rings. The van der Waals surface area contributed by atoms with Crippen LogP contribution in [0.15, 0.2) is 47.3 Å². The lowest BCUT2D eigenvalue weighted by Gasteiger charge is -2.31. The highest BCUT2D eigenvalue weighted by Crippen LogP contribution is 2.46. The molecule has 2 aromatic heterocycles. The molecule has 0 saturated carbocycles. The van der Waals surface area contributed by atoms with Crippen molar-refractivity contribution in [1.82, 2.24) is 51.7 Å². The van der Waals surface area contributed by atoms with E-state index in [1.165, 1.54) is 24.5 Å². The summed E-state index contributed by atoms with van der Waals surface area (Å²) in [5.74, 6) is -9.28. The van der Waals surface area contributed by atoms with Crippen LogP contribution in [-0.2, 0) is 89.0 Å². The topological polar surface area (TPSA) is 352 Å². The highest BCUT2D eigenvalue weighted by molar-refractivity contribution is 6.07. The minimum Gasteiger partial charge on any atom is -0.480 e. The zero-order valence-electron chi connectivity index (χ0n) is 43.5. The second-order valence-electron chi connectivity index (χ2n) is 19.7. The van der Waals surface area contributed by atoms with Crippen LogP contribution in [0.1, 0.15) is 85.0 Å². The number of benzene rings is 2. The number of esters is 1. The van der Waals surface area contributed by atoms with Gasteiger partial charge < -0.3 is 61.5 Å². The molecule has 0 radical (unpaired) electrons. The third-order valence-electron chi connectivity index (χ3n) is 14.5. The van der Waals surface area contributed by atoms with Crippen molar-refractivity contribution < 1.29 is 72.0 Å². The lowest BCUT2D eigenvalue weighted by atomic mass is 9.81. The van der Waals surface area contributed by atoms with E-state index in [-0.39, 0.29) is 49.1 Å². The first-order valence-electron chi connectivity index (χ1n) is 25.6. The van der Waals surface area contributed by atoms with Gasteiger partial charge in [-0.3, -0.25) is 52.8 Å². The van der Waals surface area contributed by atoms with Crippen molar-refractivity contribution >= 4 is 70.1 Å². The Labute approximate surface area is 449 Å². The van der Waals surface area contributed by atoms with Gasteiger partial charge >= 0.3 is 11.9 Å². The third kappa shape index (κ3) is 11.8. The number of likely N-dealkylation sites (tertiary alicyclic amines) is 1. The number of pyridine rings is 2. The van der Waals surface area contributed by atoms with E-state index < -0.39 is 146 Å². The fraction of sp³-hybridized carbons (Fsp3) is 0.434. The Bertz CT molecular complexity index is 3260. The first kappa shape index (κ1) is 56.7. The Morgan fingerprint density at radius 2 is 1.59 bits per heavy atom.